The molecule has 8 nitrogen and oxygen atoms in total. The predicted octanol–water partition coefficient (Wildman–Crippen LogP) is 2.00. The van der Waals surface area contributed by atoms with Crippen LogP contribution in [0.25, 0.3) is 0 Å². The van der Waals surface area contributed by atoms with Crippen molar-refractivity contribution in [1.29, 1.82) is 0 Å². The molecule has 2 aromatic carbocycles. The van der Waals surface area contributed by atoms with Crippen molar-refractivity contribution in [3.05, 3.63) is 64.4 Å². The van der Waals surface area contributed by atoms with E-state index in [1.54, 1.807) is 17.4 Å². The first-order valence-electron chi connectivity index (χ1n) is 14.6. The summed E-state index contributed by atoms with van der Waals surface area (Å²) < 4.78 is 92.4. The fourth-order valence-electron chi connectivity index (χ4n) is 3.99. The zero-order chi connectivity index (χ0) is 30.8. The van der Waals surface area contributed by atoms with E-state index in [1.165, 1.54) is 6.07 Å². The first-order chi connectivity index (χ1) is 19.6. The summed E-state index contributed by atoms with van der Waals surface area (Å²) in [5.41, 5.74) is -0.268. The first-order valence-corrected chi connectivity index (χ1v) is 10.6. The van der Waals surface area contributed by atoms with E-state index in [0.29, 0.717) is 43.3 Å². The molecule has 2 saturated heterocycles. The van der Waals surface area contributed by atoms with E-state index in [9.17, 15) is 14.4 Å². The van der Waals surface area contributed by atoms with Crippen LogP contribution in [0.15, 0.2) is 36.3 Å². The monoisotopic (exact) mass is 475 g/mol. The molecular weight excluding hydrogens is 441 g/mol. The number of hydrogen-bond donors (Lipinski definition) is 1. The summed E-state index contributed by atoms with van der Waals surface area (Å²) in [6.45, 7) is 1.42. The average Bonchev–Trinajstić information content (AvgIpc) is 3.29. The topological polar surface area (TPSA) is 88.2 Å². The summed E-state index contributed by atoms with van der Waals surface area (Å²) >= 11 is 0. The number of piperidine rings is 1. The minimum Gasteiger partial charge on any atom is -0.488 e. The summed E-state index contributed by atoms with van der Waals surface area (Å²) in [5.74, 6) is -5.43. The van der Waals surface area contributed by atoms with E-state index in [1.807, 2.05) is 4.90 Å². The Hall–Kier alpha value is -3.30. The smallest absolute Gasteiger partial charge is 0.255 e. The zero-order valence-corrected chi connectivity index (χ0v) is 18.0. The van der Waals surface area contributed by atoms with Crippen molar-refractivity contribution in [3.63, 3.8) is 0 Å². The number of fused-ring (bicyclic) bond motifs is 1. The maximum absolute atomic E-state index is 15.4. The standard InChI is InChI=1S/C25H26FN3O5/c26-23-16(13-28-9-11-33-12-10-28)3-1-4-17(23)15-34-21-6-2-5-18-19(21)14-29(25(18)32)20-7-8-22(30)27-24(20)31/h1-6,20H,7-15H2,(H,27,30,31)/i2D,5D,6D,7D2,8D2,20D. The number of nitrogens with one attached hydrogen (secondary N) is 1. The summed E-state index contributed by atoms with van der Waals surface area (Å²) in [6.07, 6.45) is -6.94. The van der Waals surface area contributed by atoms with Crippen LogP contribution in [-0.4, -0.2) is 59.8 Å². The highest BCUT2D eigenvalue weighted by Crippen LogP contribution is 2.34. The van der Waals surface area contributed by atoms with Gasteiger partial charge in [-0.15, -0.1) is 0 Å². The zero-order valence-electron chi connectivity index (χ0n) is 26.0. The lowest BCUT2D eigenvalue weighted by atomic mass is 10.0. The lowest BCUT2D eigenvalue weighted by Gasteiger charge is -2.29. The van der Waals surface area contributed by atoms with Crippen LogP contribution in [0.5, 0.6) is 5.75 Å². The second kappa shape index (κ2) is 9.52. The molecule has 0 radical (unpaired) electrons. The van der Waals surface area contributed by atoms with E-state index in [2.05, 4.69) is 0 Å². The molecule has 9 heteroatoms. The molecule has 3 aliphatic rings. The number of amides is 3. The van der Waals surface area contributed by atoms with Gasteiger partial charge in [-0.1, -0.05) is 24.2 Å². The van der Waals surface area contributed by atoms with Crippen molar-refractivity contribution in [2.75, 3.05) is 26.3 Å². The van der Waals surface area contributed by atoms with Crippen LogP contribution >= 0.6 is 0 Å². The van der Waals surface area contributed by atoms with E-state index >= 15 is 4.39 Å². The Morgan fingerprint density at radius 1 is 1.24 bits per heavy atom. The molecule has 0 spiro atoms. The van der Waals surface area contributed by atoms with Crippen molar-refractivity contribution < 1.29 is 39.2 Å². The Labute approximate surface area is 207 Å². The number of carbonyl (C=O) groups excluding carboxylic acids is 3. The fourth-order valence-corrected chi connectivity index (χ4v) is 3.99. The van der Waals surface area contributed by atoms with Crippen molar-refractivity contribution in [2.24, 2.45) is 0 Å². The molecule has 178 valence electrons. The number of rotatable bonds is 6. The molecular formula is C25H26FN3O5. The number of imide groups is 1. The number of hydrogen-bond acceptors (Lipinski definition) is 6. The summed E-state index contributed by atoms with van der Waals surface area (Å²) in [5, 5.41) is 1.60. The van der Waals surface area contributed by atoms with Gasteiger partial charge in [-0.05, 0) is 18.5 Å². The maximum atomic E-state index is 15.4. The van der Waals surface area contributed by atoms with Crippen molar-refractivity contribution in [2.45, 2.75) is 38.5 Å². The molecule has 0 bridgehead atoms. The van der Waals surface area contributed by atoms with E-state index in [4.69, 9.17) is 20.4 Å². The van der Waals surface area contributed by atoms with Gasteiger partial charge in [0.15, 0.2) is 0 Å². The summed E-state index contributed by atoms with van der Waals surface area (Å²) in [6, 6.07) is -0.711. The van der Waals surface area contributed by atoms with E-state index < -0.39 is 84.9 Å². The van der Waals surface area contributed by atoms with E-state index in [0.717, 1.165) is 0 Å². The minimum atomic E-state index is -3.54. The SMILES string of the molecule is [2H]c1c([2H])c(OCc2cccc(CN3CCOCC3)c2F)c2c(c1[2H])C(=O)N(C1([2H])C(=O)NC(=O)C([2H])([2H])C1([2H])[2H])C2. The van der Waals surface area contributed by atoms with Gasteiger partial charge in [0.2, 0.25) is 11.8 Å². The molecule has 3 amide bonds. The predicted molar refractivity (Wildman–Crippen MR) is 119 cm³/mol. The van der Waals surface area contributed by atoms with Gasteiger partial charge in [0, 0.05) is 53.7 Å². The van der Waals surface area contributed by atoms with Gasteiger partial charge < -0.3 is 14.4 Å². The number of ether oxygens (including phenoxy) is 2. The quantitative estimate of drug-likeness (QED) is 0.643. The highest BCUT2D eigenvalue weighted by Gasteiger charge is 2.40. The molecule has 0 aromatic heterocycles. The van der Waals surface area contributed by atoms with Gasteiger partial charge in [0.05, 0.1) is 25.2 Å². The lowest BCUT2D eigenvalue weighted by Crippen LogP contribution is -2.52. The highest BCUT2D eigenvalue weighted by atomic mass is 19.1. The second-order valence-corrected chi connectivity index (χ2v) is 7.90. The van der Waals surface area contributed by atoms with Crippen LogP contribution in [0.1, 0.15) is 50.8 Å². The van der Waals surface area contributed by atoms with Gasteiger partial charge in [0.1, 0.15) is 24.2 Å². The first kappa shape index (κ1) is 14.9. The minimum absolute atomic E-state index is 0.100. The molecule has 3 heterocycles. The van der Waals surface area contributed by atoms with Gasteiger partial charge >= 0.3 is 0 Å². The van der Waals surface area contributed by atoms with Crippen molar-refractivity contribution >= 4 is 17.7 Å². The third kappa shape index (κ3) is 4.41. The Balaban J connectivity index is 1.48. The molecule has 0 saturated carbocycles. The van der Waals surface area contributed by atoms with Crippen LogP contribution in [0, 0.1) is 5.82 Å². The Morgan fingerprint density at radius 2 is 2.03 bits per heavy atom. The van der Waals surface area contributed by atoms with Crippen molar-refractivity contribution in [3.8, 4) is 5.75 Å². The normalized spacial score (nSPS) is 29.4. The van der Waals surface area contributed by atoms with Gasteiger partial charge in [-0.3, -0.25) is 24.6 Å². The van der Waals surface area contributed by atoms with Crippen LogP contribution in [0.2, 0.25) is 0 Å². The molecule has 1 unspecified atom stereocenters. The fraction of sp³-hybridized carbons (Fsp3) is 0.400. The van der Waals surface area contributed by atoms with Crippen molar-refractivity contribution in [1.82, 2.24) is 15.1 Å². The molecule has 2 fully saturated rings. The Bertz CT molecular complexity index is 1500. The van der Waals surface area contributed by atoms with Gasteiger partial charge in [-0.25, -0.2) is 4.39 Å². The number of carbonyl (C=O) groups is 3. The summed E-state index contributed by atoms with van der Waals surface area (Å²) in [4.78, 5) is 40.7. The second-order valence-electron chi connectivity index (χ2n) is 7.90. The molecule has 1 atom stereocenters. The lowest BCUT2D eigenvalue weighted by molar-refractivity contribution is -0.136. The molecule has 3 aliphatic heterocycles. The van der Waals surface area contributed by atoms with Gasteiger partial charge in [-0.2, -0.15) is 0 Å². The Morgan fingerprint density at radius 3 is 2.85 bits per heavy atom. The largest absolute Gasteiger partial charge is 0.488 e. The molecule has 0 aliphatic carbocycles. The van der Waals surface area contributed by atoms with Crippen LogP contribution in [-0.2, 0) is 34.0 Å². The average molecular weight is 476 g/mol. The Kier molecular flexibility index (Phi) is 4.16. The molecule has 1 N–H and O–H groups in total. The summed E-state index contributed by atoms with van der Waals surface area (Å²) in [7, 11) is 0. The van der Waals surface area contributed by atoms with Crippen LogP contribution < -0.4 is 10.1 Å². The number of morpholine rings is 1. The maximum Gasteiger partial charge on any atom is 0.255 e. The third-order valence-corrected chi connectivity index (χ3v) is 5.75. The van der Waals surface area contributed by atoms with Gasteiger partial charge in [0.25, 0.3) is 5.91 Å². The number of nitrogens with zero attached hydrogens (tertiary/aromatic N) is 2. The van der Waals surface area contributed by atoms with Crippen LogP contribution in [0.4, 0.5) is 4.39 Å². The van der Waals surface area contributed by atoms with E-state index in [-0.39, 0.29) is 11.1 Å². The molecule has 34 heavy (non-hydrogen) atoms. The highest BCUT2D eigenvalue weighted by molar-refractivity contribution is 6.05. The third-order valence-electron chi connectivity index (χ3n) is 5.75. The van der Waals surface area contributed by atoms with Crippen LogP contribution in [0.3, 0.4) is 0 Å². The molecule has 5 rings (SSSR count). The number of benzene rings is 2. The number of halogens is 1. The molecule has 2 aromatic rings.